The second kappa shape index (κ2) is 9.77. The van der Waals surface area contributed by atoms with E-state index < -0.39 is 0 Å². The fraction of sp³-hybridized carbons (Fsp3) is 0.476. The number of anilines is 2. The van der Waals surface area contributed by atoms with Crippen molar-refractivity contribution in [3.8, 4) is 0 Å². The molecule has 1 unspecified atom stereocenters. The molecule has 0 saturated carbocycles. The van der Waals surface area contributed by atoms with Crippen molar-refractivity contribution in [1.82, 2.24) is 20.2 Å². The van der Waals surface area contributed by atoms with Gasteiger partial charge in [0.05, 0.1) is 18.3 Å². The van der Waals surface area contributed by atoms with Crippen molar-refractivity contribution in [1.29, 1.82) is 0 Å². The molecule has 0 aliphatic carbocycles. The highest BCUT2D eigenvalue weighted by molar-refractivity contribution is 6.35. The first-order valence-corrected chi connectivity index (χ1v) is 11.6. The lowest BCUT2D eigenvalue weighted by Crippen LogP contribution is -2.53. The van der Waals surface area contributed by atoms with E-state index in [1.54, 1.807) is 18.3 Å². The number of halogens is 3. The third kappa shape index (κ3) is 5.17. The quantitative estimate of drug-likeness (QED) is 0.669. The molecule has 166 valence electrons. The highest BCUT2D eigenvalue weighted by atomic mass is 35.5. The van der Waals surface area contributed by atoms with Crippen molar-refractivity contribution in [2.75, 3.05) is 42.9 Å². The number of carbonyl (C=O) groups is 1. The van der Waals surface area contributed by atoms with Crippen LogP contribution in [0.4, 0.5) is 11.8 Å². The summed E-state index contributed by atoms with van der Waals surface area (Å²) in [6.45, 7) is 5.57. The Morgan fingerprint density at radius 2 is 1.97 bits per heavy atom. The topological polar surface area (TPSA) is 73.4 Å². The molecule has 1 amide bonds. The molecule has 2 aliphatic rings. The molecule has 10 heteroatoms. The van der Waals surface area contributed by atoms with Gasteiger partial charge in [0.25, 0.3) is 0 Å². The van der Waals surface area contributed by atoms with Gasteiger partial charge in [0.15, 0.2) is 5.82 Å². The monoisotopic (exact) mass is 482 g/mol. The Hall–Kier alpha value is -1.80. The number of amides is 1. The van der Waals surface area contributed by atoms with Gasteiger partial charge in [0.1, 0.15) is 5.02 Å². The van der Waals surface area contributed by atoms with Crippen LogP contribution in [-0.2, 0) is 4.79 Å². The normalized spacial score (nSPS) is 20.1. The van der Waals surface area contributed by atoms with Crippen LogP contribution >= 0.6 is 34.8 Å². The Morgan fingerprint density at radius 3 is 2.65 bits per heavy atom. The molecule has 1 aromatic carbocycles. The van der Waals surface area contributed by atoms with Crippen LogP contribution in [0.25, 0.3) is 0 Å². The minimum atomic E-state index is -0.126. The second-order valence-corrected chi connectivity index (χ2v) is 9.11. The first kappa shape index (κ1) is 22.4. The highest BCUT2D eigenvalue weighted by Crippen LogP contribution is 2.30. The molecule has 2 saturated heterocycles. The van der Waals surface area contributed by atoms with Crippen LogP contribution in [0, 0.1) is 0 Å². The van der Waals surface area contributed by atoms with Crippen molar-refractivity contribution < 1.29 is 4.79 Å². The number of aromatic nitrogens is 2. The number of nitrogens with one attached hydrogen (secondary N) is 2. The number of carbonyl (C=O) groups excluding carboxylic acids is 1. The Bertz CT molecular complexity index is 945. The van der Waals surface area contributed by atoms with E-state index in [4.69, 9.17) is 34.8 Å². The Morgan fingerprint density at radius 1 is 1.19 bits per heavy atom. The number of rotatable bonds is 5. The zero-order valence-electron chi connectivity index (χ0n) is 17.2. The van der Waals surface area contributed by atoms with E-state index in [-0.39, 0.29) is 18.0 Å². The van der Waals surface area contributed by atoms with Gasteiger partial charge in [-0.15, -0.1) is 0 Å². The lowest BCUT2D eigenvalue weighted by molar-refractivity contribution is -0.133. The molecule has 0 spiro atoms. The van der Waals surface area contributed by atoms with Gasteiger partial charge in [-0.05, 0) is 44.0 Å². The summed E-state index contributed by atoms with van der Waals surface area (Å²) in [6.07, 6.45) is 3.58. The van der Waals surface area contributed by atoms with E-state index in [1.165, 1.54) is 0 Å². The van der Waals surface area contributed by atoms with Gasteiger partial charge in [-0.25, -0.2) is 4.98 Å². The van der Waals surface area contributed by atoms with Crippen LogP contribution < -0.4 is 15.5 Å². The van der Waals surface area contributed by atoms with Gasteiger partial charge in [0, 0.05) is 36.2 Å². The molecule has 2 aliphatic heterocycles. The molecule has 3 heterocycles. The molecule has 0 radical (unpaired) electrons. The van der Waals surface area contributed by atoms with Crippen molar-refractivity contribution in [3.63, 3.8) is 0 Å². The van der Waals surface area contributed by atoms with E-state index >= 15 is 0 Å². The van der Waals surface area contributed by atoms with Crippen LogP contribution in [0.3, 0.4) is 0 Å². The molecule has 2 fully saturated rings. The average Bonchev–Trinajstić information content (AvgIpc) is 3.30. The molecular weight excluding hydrogens is 459 g/mol. The summed E-state index contributed by atoms with van der Waals surface area (Å²) in [5, 5.41) is 8.20. The van der Waals surface area contributed by atoms with E-state index in [9.17, 15) is 4.79 Å². The van der Waals surface area contributed by atoms with Gasteiger partial charge in [-0.1, -0.05) is 40.9 Å². The molecule has 7 nitrogen and oxygen atoms in total. The summed E-state index contributed by atoms with van der Waals surface area (Å²) < 4.78 is 0. The smallest absolute Gasteiger partial charge is 0.239 e. The largest absolute Gasteiger partial charge is 0.362 e. The summed E-state index contributed by atoms with van der Waals surface area (Å²) in [6, 6.07) is 5.24. The first-order valence-electron chi connectivity index (χ1n) is 10.4. The average molecular weight is 484 g/mol. The summed E-state index contributed by atoms with van der Waals surface area (Å²) in [7, 11) is 0. The molecule has 0 bridgehead atoms. The van der Waals surface area contributed by atoms with E-state index in [1.807, 2.05) is 17.9 Å². The minimum absolute atomic E-state index is 0.0321. The maximum atomic E-state index is 12.6. The zero-order valence-corrected chi connectivity index (χ0v) is 19.5. The summed E-state index contributed by atoms with van der Waals surface area (Å²) >= 11 is 18.7. The van der Waals surface area contributed by atoms with Crippen LogP contribution in [0.5, 0.6) is 0 Å². The van der Waals surface area contributed by atoms with Gasteiger partial charge < -0.3 is 20.4 Å². The Balaban J connectivity index is 1.41. The predicted octanol–water partition coefficient (Wildman–Crippen LogP) is 4.01. The fourth-order valence-electron chi connectivity index (χ4n) is 3.99. The van der Waals surface area contributed by atoms with Gasteiger partial charge in [-0.2, -0.15) is 4.98 Å². The SMILES string of the molecule is CC(Nc1nc(N2CCN(C(=O)[C@H]3CCCN3)CC2)ncc1Cl)c1ccc(Cl)cc1Cl. The minimum Gasteiger partial charge on any atom is -0.362 e. The molecule has 1 aromatic heterocycles. The maximum Gasteiger partial charge on any atom is 0.239 e. The molecule has 2 aromatic rings. The summed E-state index contributed by atoms with van der Waals surface area (Å²) in [5.41, 5.74) is 0.898. The lowest BCUT2D eigenvalue weighted by atomic mass is 10.1. The molecular formula is C21H25Cl3N6O. The Kier molecular flexibility index (Phi) is 7.06. The third-order valence-corrected chi connectivity index (χ3v) is 6.59. The Labute approximate surface area is 197 Å². The molecule has 2 N–H and O–H groups in total. The summed E-state index contributed by atoms with van der Waals surface area (Å²) in [4.78, 5) is 25.7. The second-order valence-electron chi connectivity index (χ2n) is 7.86. The highest BCUT2D eigenvalue weighted by Gasteiger charge is 2.30. The maximum absolute atomic E-state index is 12.6. The van der Waals surface area contributed by atoms with Crippen molar-refractivity contribution >= 4 is 52.5 Å². The third-order valence-electron chi connectivity index (χ3n) is 5.75. The van der Waals surface area contributed by atoms with E-state index in [2.05, 4.69) is 25.5 Å². The standard InChI is InChI=1S/C21H25Cl3N6O/c1-13(15-5-4-14(22)11-16(15)23)27-19-17(24)12-26-21(28-19)30-9-7-29(8-10-30)20(31)18-3-2-6-25-18/h4-5,11-13,18,25H,2-3,6-10H2,1H3,(H,26,27,28)/t13?,18-/m1/s1. The van der Waals surface area contributed by atoms with Crippen LogP contribution in [0.2, 0.25) is 15.1 Å². The van der Waals surface area contributed by atoms with Crippen molar-refractivity contribution in [3.05, 3.63) is 45.0 Å². The van der Waals surface area contributed by atoms with Gasteiger partial charge in [-0.3, -0.25) is 4.79 Å². The van der Waals surface area contributed by atoms with E-state index in [0.717, 1.165) is 24.9 Å². The fourth-order valence-corrected chi connectivity index (χ4v) is 4.71. The van der Waals surface area contributed by atoms with Crippen LogP contribution in [0.15, 0.2) is 24.4 Å². The molecule has 4 rings (SSSR count). The van der Waals surface area contributed by atoms with Crippen LogP contribution in [-0.4, -0.2) is 59.5 Å². The van der Waals surface area contributed by atoms with Crippen LogP contribution in [0.1, 0.15) is 31.4 Å². The number of nitrogens with zero attached hydrogens (tertiary/aromatic N) is 4. The lowest BCUT2D eigenvalue weighted by Gasteiger charge is -2.36. The molecule has 31 heavy (non-hydrogen) atoms. The zero-order chi connectivity index (χ0) is 22.0. The van der Waals surface area contributed by atoms with Gasteiger partial charge in [0.2, 0.25) is 11.9 Å². The van der Waals surface area contributed by atoms with E-state index in [0.29, 0.717) is 53.0 Å². The number of piperazine rings is 1. The first-order chi connectivity index (χ1) is 14.9. The van der Waals surface area contributed by atoms with Crippen molar-refractivity contribution in [2.45, 2.75) is 31.8 Å². The number of hydrogen-bond donors (Lipinski definition) is 2. The summed E-state index contributed by atoms with van der Waals surface area (Å²) in [5.74, 6) is 1.33. The van der Waals surface area contributed by atoms with Crippen molar-refractivity contribution in [2.24, 2.45) is 0 Å². The molecule has 2 atom stereocenters. The number of hydrogen-bond acceptors (Lipinski definition) is 6. The number of benzene rings is 1. The van der Waals surface area contributed by atoms with Gasteiger partial charge >= 0.3 is 0 Å². The predicted molar refractivity (Wildman–Crippen MR) is 125 cm³/mol.